The molecule has 104 valence electrons. The summed E-state index contributed by atoms with van der Waals surface area (Å²) in [6, 6.07) is 7.03. The maximum Gasteiger partial charge on any atom is 0.267 e. The topological polar surface area (TPSA) is 59.0 Å². The molecule has 0 aromatic heterocycles. The lowest BCUT2D eigenvalue weighted by Crippen LogP contribution is -2.52. The van der Waals surface area contributed by atoms with E-state index in [4.69, 9.17) is 14.6 Å². The van der Waals surface area contributed by atoms with Crippen molar-refractivity contribution in [2.75, 3.05) is 13.7 Å². The van der Waals surface area contributed by atoms with Gasteiger partial charge in [0.1, 0.15) is 6.10 Å². The molecule has 1 aromatic carbocycles. The fourth-order valence-electron chi connectivity index (χ4n) is 1.93. The van der Waals surface area contributed by atoms with Crippen LogP contribution in [0.5, 0.6) is 11.5 Å². The highest BCUT2D eigenvalue weighted by Gasteiger charge is 2.36. The van der Waals surface area contributed by atoms with E-state index in [0.717, 1.165) is 0 Å². The van der Waals surface area contributed by atoms with Crippen LogP contribution in [0.4, 0.5) is 0 Å². The minimum Gasteiger partial charge on any atom is -0.482 e. The zero-order valence-corrected chi connectivity index (χ0v) is 11.4. The highest BCUT2D eigenvalue weighted by atomic mass is 16.6. The van der Waals surface area contributed by atoms with E-state index in [0.29, 0.717) is 11.5 Å². The van der Waals surface area contributed by atoms with Crippen LogP contribution >= 0.6 is 0 Å². The molecule has 1 N–H and O–H groups in total. The van der Waals surface area contributed by atoms with Gasteiger partial charge in [-0.05, 0) is 26.0 Å². The van der Waals surface area contributed by atoms with Gasteiger partial charge in [0.25, 0.3) is 5.91 Å². The number of carbonyl (C=O) groups is 1. The second kappa shape index (κ2) is 5.48. The summed E-state index contributed by atoms with van der Waals surface area (Å²) in [7, 11) is 1.65. The van der Waals surface area contributed by atoms with Crippen molar-refractivity contribution >= 4 is 5.91 Å². The summed E-state index contributed by atoms with van der Waals surface area (Å²) in [5.74, 6) is 1.03. The molecule has 0 fully saturated rings. The largest absolute Gasteiger partial charge is 0.482 e. The molecule has 0 saturated heterocycles. The number of benzene rings is 1. The Morgan fingerprint density at radius 1 is 1.37 bits per heavy atom. The molecule has 5 heteroatoms. The van der Waals surface area contributed by atoms with Crippen molar-refractivity contribution in [2.45, 2.75) is 32.1 Å². The molecule has 1 aliphatic heterocycles. The second-order valence-electron chi connectivity index (χ2n) is 4.79. The highest BCUT2D eigenvalue weighted by molar-refractivity contribution is 5.82. The third-order valence-corrected chi connectivity index (χ3v) is 3.36. The smallest absolute Gasteiger partial charge is 0.267 e. The van der Waals surface area contributed by atoms with Crippen LogP contribution in [0.3, 0.4) is 0 Å². The Morgan fingerprint density at radius 2 is 1.95 bits per heavy atom. The number of para-hydroxylation sites is 2. The summed E-state index contributed by atoms with van der Waals surface area (Å²) in [6.45, 7) is 3.50. The first-order valence-corrected chi connectivity index (χ1v) is 6.34. The van der Waals surface area contributed by atoms with Crippen LogP contribution in [-0.2, 0) is 4.79 Å². The van der Waals surface area contributed by atoms with E-state index in [-0.39, 0.29) is 24.7 Å². The normalized spacial score (nSPS) is 22.7. The van der Waals surface area contributed by atoms with Crippen molar-refractivity contribution in [3.05, 3.63) is 24.3 Å². The summed E-state index contributed by atoms with van der Waals surface area (Å²) in [4.78, 5) is 13.8. The molecule has 1 aromatic rings. The zero-order chi connectivity index (χ0) is 14.0. The van der Waals surface area contributed by atoms with Crippen molar-refractivity contribution < 1.29 is 19.4 Å². The van der Waals surface area contributed by atoms with E-state index in [1.54, 1.807) is 27.0 Å². The number of hydrogen-bond donors (Lipinski definition) is 1. The number of aliphatic hydroxyl groups is 1. The van der Waals surface area contributed by atoms with Crippen LogP contribution in [-0.4, -0.2) is 47.8 Å². The van der Waals surface area contributed by atoms with Gasteiger partial charge in [-0.3, -0.25) is 4.79 Å². The van der Waals surface area contributed by atoms with Gasteiger partial charge in [-0.25, -0.2) is 0 Å². The Balaban J connectivity index is 2.16. The van der Waals surface area contributed by atoms with E-state index in [2.05, 4.69) is 0 Å². The van der Waals surface area contributed by atoms with Crippen molar-refractivity contribution in [3.63, 3.8) is 0 Å². The minimum absolute atomic E-state index is 0.0826. The summed E-state index contributed by atoms with van der Waals surface area (Å²) in [5.41, 5.74) is 0. The zero-order valence-electron chi connectivity index (χ0n) is 11.4. The molecule has 1 heterocycles. The fraction of sp³-hybridized carbons (Fsp3) is 0.500. The van der Waals surface area contributed by atoms with Gasteiger partial charge >= 0.3 is 0 Å². The standard InChI is InChI=1S/C14H19NO4/c1-9(8-16)15(3)14(17)13-10(2)18-11-6-4-5-7-12(11)19-13/h4-7,9-10,13,16H,8H2,1-3H3. The lowest BCUT2D eigenvalue weighted by Gasteiger charge is -2.34. The van der Waals surface area contributed by atoms with Crippen LogP contribution in [0, 0.1) is 0 Å². The molecule has 5 nitrogen and oxygen atoms in total. The number of rotatable bonds is 3. The van der Waals surface area contributed by atoms with Crippen LogP contribution in [0.2, 0.25) is 0 Å². The van der Waals surface area contributed by atoms with E-state index < -0.39 is 6.10 Å². The van der Waals surface area contributed by atoms with Crippen LogP contribution in [0.15, 0.2) is 24.3 Å². The van der Waals surface area contributed by atoms with Crippen LogP contribution < -0.4 is 9.47 Å². The monoisotopic (exact) mass is 265 g/mol. The molecular formula is C14H19NO4. The lowest BCUT2D eigenvalue weighted by molar-refractivity contribution is -0.145. The van der Waals surface area contributed by atoms with Gasteiger partial charge in [-0.2, -0.15) is 0 Å². The number of aliphatic hydroxyl groups excluding tert-OH is 1. The average Bonchev–Trinajstić information content (AvgIpc) is 2.44. The molecule has 0 spiro atoms. The van der Waals surface area contributed by atoms with Crippen LogP contribution in [0.1, 0.15) is 13.8 Å². The number of carbonyl (C=O) groups excluding carboxylic acids is 1. The van der Waals surface area contributed by atoms with Crippen molar-refractivity contribution in [2.24, 2.45) is 0 Å². The molecule has 3 atom stereocenters. The summed E-state index contributed by atoms with van der Waals surface area (Å²) in [6.07, 6.45) is -1.05. The number of amides is 1. The first kappa shape index (κ1) is 13.7. The number of fused-ring (bicyclic) bond motifs is 1. The first-order chi connectivity index (χ1) is 9.04. The minimum atomic E-state index is -0.686. The Labute approximate surface area is 112 Å². The predicted octanol–water partition coefficient (Wildman–Crippen LogP) is 1.05. The summed E-state index contributed by atoms with van der Waals surface area (Å²) >= 11 is 0. The van der Waals surface area contributed by atoms with E-state index in [1.807, 2.05) is 18.2 Å². The predicted molar refractivity (Wildman–Crippen MR) is 70.3 cm³/mol. The quantitative estimate of drug-likeness (QED) is 0.887. The SMILES string of the molecule is CC1Oc2ccccc2OC1C(=O)N(C)C(C)CO. The summed E-state index contributed by atoms with van der Waals surface area (Å²) < 4.78 is 11.4. The Bertz CT molecular complexity index is 463. The summed E-state index contributed by atoms with van der Waals surface area (Å²) in [5, 5.41) is 9.11. The first-order valence-electron chi connectivity index (χ1n) is 6.34. The van der Waals surface area contributed by atoms with Crippen molar-refractivity contribution in [1.29, 1.82) is 0 Å². The number of nitrogens with zero attached hydrogens (tertiary/aromatic N) is 1. The molecular weight excluding hydrogens is 246 g/mol. The van der Waals surface area contributed by atoms with Gasteiger partial charge in [-0.15, -0.1) is 0 Å². The molecule has 0 radical (unpaired) electrons. The van der Waals surface area contributed by atoms with E-state index >= 15 is 0 Å². The Morgan fingerprint density at radius 3 is 2.53 bits per heavy atom. The van der Waals surface area contributed by atoms with Gasteiger partial charge in [-0.1, -0.05) is 12.1 Å². The van der Waals surface area contributed by atoms with Crippen LogP contribution in [0.25, 0.3) is 0 Å². The Hall–Kier alpha value is -1.75. The van der Waals surface area contributed by atoms with Crippen molar-refractivity contribution in [3.8, 4) is 11.5 Å². The second-order valence-corrected chi connectivity index (χ2v) is 4.79. The Kier molecular flexibility index (Phi) is 3.95. The van der Waals surface area contributed by atoms with Gasteiger partial charge in [0.15, 0.2) is 11.5 Å². The molecule has 0 saturated carbocycles. The maximum atomic E-state index is 12.3. The van der Waals surface area contributed by atoms with Crippen molar-refractivity contribution in [1.82, 2.24) is 4.90 Å². The van der Waals surface area contributed by atoms with E-state index in [9.17, 15) is 4.79 Å². The highest BCUT2D eigenvalue weighted by Crippen LogP contribution is 2.33. The lowest BCUT2D eigenvalue weighted by atomic mass is 10.1. The molecule has 1 aliphatic rings. The van der Waals surface area contributed by atoms with Gasteiger partial charge in [0.05, 0.1) is 12.6 Å². The number of hydrogen-bond acceptors (Lipinski definition) is 4. The molecule has 1 amide bonds. The van der Waals surface area contributed by atoms with Gasteiger partial charge in [0, 0.05) is 7.05 Å². The third-order valence-electron chi connectivity index (χ3n) is 3.36. The fourth-order valence-corrected chi connectivity index (χ4v) is 1.93. The third kappa shape index (κ3) is 2.66. The molecule has 2 rings (SSSR count). The van der Waals surface area contributed by atoms with Gasteiger partial charge < -0.3 is 19.5 Å². The number of ether oxygens (including phenoxy) is 2. The molecule has 0 aliphatic carbocycles. The molecule has 3 unspecified atom stereocenters. The average molecular weight is 265 g/mol. The molecule has 0 bridgehead atoms. The number of likely N-dealkylation sites (N-methyl/N-ethyl adjacent to an activating group) is 1. The van der Waals surface area contributed by atoms with E-state index in [1.165, 1.54) is 4.90 Å². The van der Waals surface area contributed by atoms with Gasteiger partial charge in [0.2, 0.25) is 6.10 Å². The molecule has 19 heavy (non-hydrogen) atoms. The maximum absolute atomic E-state index is 12.3.